The van der Waals surface area contributed by atoms with Crippen LogP contribution in [0.5, 0.6) is 5.75 Å². The second kappa shape index (κ2) is 6.83. The molecule has 3 heterocycles. The summed E-state index contributed by atoms with van der Waals surface area (Å²) in [4.78, 5) is 18.1. The highest BCUT2D eigenvalue weighted by atomic mass is 32.1. The number of benzene rings is 1. The molecule has 1 atom stereocenters. The lowest BCUT2D eigenvalue weighted by molar-refractivity contribution is 0.141. The highest BCUT2D eigenvalue weighted by Crippen LogP contribution is 2.34. The quantitative estimate of drug-likeness (QED) is 0.820. The lowest BCUT2D eigenvalue weighted by atomic mass is 10.2. The van der Waals surface area contributed by atoms with Gasteiger partial charge in [0, 0.05) is 18.5 Å². The Labute approximate surface area is 155 Å². The first-order valence-electron chi connectivity index (χ1n) is 8.34. The highest BCUT2D eigenvalue weighted by Gasteiger charge is 2.33. The molecule has 0 saturated carbocycles. The van der Waals surface area contributed by atoms with Crippen molar-refractivity contribution in [2.24, 2.45) is 0 Å². The van der Waals surface area contributed by atoms with Crippen LogP contribution in [-0.2, 0) is 16.1 Å². The second-order valence-corrected chi connectivity index (χ2v) is 6.24. The van der Waals surface area contributed by atoms with Gasteiger partial charge in [0.1, 0.15) is 18.5 Å². The molecule has 2 aliphatic rings. The molecule has 1 amide bonds. The molecule has 1 aromatic heterocycles. The molecular weight excluding hydrogens is 356 g/mol. The van der Waals surface area contributed by atoms with Crippen molar-refractivity contribution < 1.29 is 19.0 Å². The number of amides is 1. The van der Waals surface area contributed by atoms with Gasteiger partial charge in [-0.05, 0) is 31.3 Å². The standard InChI is InChI=1S/C17H18N4O4S/c1-2-23-16(26)19-8-12-9-21(17(22)25-12)11-3-4-13-14(7-11)24-10-15-18-5-6-20(13)15/h3-7,12H,2,8-10H2,1H3,(H,19,26)/t12-/m0/s1. The van der Waals surface area contributed by atoms with Crippen molar-refractivity contribution in [3.05, 3.63) is 36.4 Å². The summed E-state index contributed by atoms with van der Waals surface area (Å²) in [6.45, 7) is 3.58. The molecule has 1 fully saturated rings. The first kappa shape index (κ1) is 16.6. The van der Waals surface area contributed by atoms with Gasteiger partial charge in [-0.15, -0.1) is 0 Å². The molecule has 2 aliphatic heterocycles. The number of aromatic nitrogens is 2. The zero-order chi connectivity index (χ0) is 18.1. The number of nitrogens with zero attached hydrogens (tertiary/aromatic N) is 3. The number of nitrogens with one attached hydrogen (secondary N) is 1. The van der Waals surface area contributed by atoms with E-state index >= 15 is 0 Å². The smallest absolute Gasteiger partial charge is 0.414 e. The van der Waals surface area contributed by atoms with Crippen LogP contribution in [0.4, 0.5) is 10.5 Å². The number of imidazole rings is 1. The number of cyclic esters (lactones) is 1. The number of fused-ring (bicyclic) bond motifs is 3. The monoisotopic (exact) mass is 374 g/mol. The van der Waals surface area contributed by atoms with Gasteiger partial charge in [-0.25, -0.2) is 9.78 Å². The fourth-order valence-corrected chi connectivity index (χ4v) is 3.21. The molecule has 26 heavy (non-hydrogen) atoms. The topological polar surface area (TPSA) is 77.9 Å². The minimum Gasteiger partial charge on any atom is -0.483 e. The predicted molar refractivity (Wildman–Crippen MR) is 97.7 cm³/mol. The van der Waals surface area contributed by atoms with Crippen LogP contribution in [0.15, 0.2) is 30.6 Å². The maximum atomic E-state index is 12.2. The van der Waals surface area contributed by atoms with E-state index in [1.807, 2.05) is 35.9 Å². The largest absolute Gasteiger partial charge is 0.483 e. The lowest BCUT2D eigenvalue weighted by Gasteiger charge is -2.22. The Bertz CT molecular complexity index is 853. The molecule has 9 heteroatoms. The summed E-state index contributed by atoms with van der Waals surface area (Å²) in [5.74, 6) is 1.56. The van der Waals surface area contributed by atoms with Crippen LogP contribution >= 0.6 is 12.2 Å². The van der Waals surface area contributed by atoms with Crippen molar-refractivity contribution in [2.45, 2.75) is 19.6 Å². The Morgan fingerprint density at radius 2 is 2.38 bits per heavy atom. The van der Waals surface area contributed by atoms with Crippen molar-refractivity contribution in [2.75, 3.05) is 24.6 Å². The average Bonchev–Trinajstić information content (AvgIpc) is 3.26. The maximum absolute atomic E-state index is 12.2. The van der Waals surface area contributed by atoms with E-state index in [-0.39, 0.29) is 6.10 Å². The van der Waals surface area contributed by atoms with E-state index in [1.54, 1.807) is 11.1 Å². The Kier molecular flexibility index (Phi) is 4.37. The fourth-order valence-electron chi connectivity index (χ4n) is 3.01. The van der Waals surface area contributed by atoms with E-state index in [1.165, 1.54) is 0 Å². The van der Waals surface area contributed by atoms with Crippen LogP contribution in [0.1, 0.15) is 12.7 Å². The number of hydrogen-bond donors (Lipinski definition) is 1. The van der Waals surface area contributed by atoms with Gasteiger partial charge >= 0.3 is 6.09 Å². The molecular formula is C17H18N4O4S. The molecule has 2 aromatic rings. The van der Waals surface area contributed by atoms with Gasteiger partial charge < -0.3 is 19.5 Å². The summed E-state index contributed by atoms with van der Waals surface area (Å²) >= 11 is 5.02. The first-order valence-corrected chi connectivity index (χ1v) is 8.74. The molecule has 0 aliphatic carbocycles. The molecule has 4 rings (SSSR count). The van der Waals surface area contributed by atoms with Gasteiger partial charge in [-0.1, -0.05) is 0 Å². The van der Waals surface area contributed by atoms with Gasteiger partial charge in [-0.3, -0.25) is 9.47 Å². The Morgan fingerprint density at radius 1 is 1.50 bits per heavy atom. The van der Waals surface area contributed by atoms with E-state index in [0.717, 1.165) is 17.2 Å². The van der Waals surface area contributed by atoms with Crippen molar-refractivity contribution in [1.82, 2.24) is 14.9 Å². The zero-order valence-electron chi connectivity index (χ0n) is 14.2. The highest BCUT2D eigenvalue weighted by molar-refractivity contribution is 7.80. The maximum Gasteiger partial charge on any atom is 0.414 e. The minimum atomic E-state index is -0.391. The zero-order valence-corrected chi connectivity index (χ0v) is 15.0. The van der Waals surface area contributed by atoms with Gasteiger partial charge in [0.2, 0.25) is 0 Å². The third-order valence-corrected chi connectivity index (χ3v) is 4.47. The Hall–Kier alpha value is -2.81. The number of carbonyl (C=O) groups is 1. The van der Waals surface area contributed by atoms with Gasteiger partial charge in [-0.2, -0.15) is 0 Å². The van der Waals surface area contributed by atoms with Crippen molar-refractivity contribution >= 4 is 29.2 Å². The number of hydrogen-bond acceptors (Lipinski definition) is 6. The van der Waals surface area contributed by atoms with E-state index in [9.17, 15) is 4.79 Å². The second-order valence-electron chi connectivity index (χ2n) is 5.87. The van der Waals surface area contributed by atoms with Crippen molar-refractivity contribution in [3.63, 3.8) is 0 Å². The normalized spacial score (nSPS) is 17.8. The van der Waals surface area contributed by atoms with Crippen LogP contribution in [0.3, 0.4) is 0 Å². The number of carbonyl (C=O) groups excluding carboxylic acids is 1. The van der Waals surface area contributed by atoms with Crippen molar-refractivity contribution in [3.8, 4) is 11.4 Å². The average molecular weight is 374 g/mol. The van der Waals surface area contributed by atoms with E-state index in [2.05, 4.69) is 10.3 Å². The molecule has 0 unspecified atom stereocenters. The molecule has 8 nitrogen and oxygen atoms in total. The number of anilines is 1. The molecule has 1 saturated heterocycles. The SMILES string of the molecule is CCOC(=S)NC[C@H]1CN(c2ccc3c(c2)OCc2nccn2-3)C(=O)O1. The molecule has 136 valence electrons. The third kappa shape index (κ3) is 3.05. The lowest BCUT2D eigenvalue weighted by Crippen LogP contribution is -2.34. The summed E-state index contributed by atoms with van der Waals surface area (Å²) in [5.41, 5.74) is 1.63. The Balaban J connectivity index is 1.47. The van der Waals surface area contributed by atoms with E-state index < -0.39 is 6.09 Å². The number of thiocarbonyl (C=S) groups is 1. The fraction of sp³-hybridized carbons (Fsp3) is 0.353. The van der Waals surface area contributed by atoms with Crippen LogP contribution < -0.4 is 15.0 Å². The Morgan fingerprint density at radius 3 is 3.23 bits per heavy atom. The van der Waals surface area contributed by atoms with Crippen LogP contribution in [0.2, 0.25) is 0 Å². The van der Waals surface area contributed by atoms with E-state index in [0.29, 0.717) is 37.2 Å². The van der Waals surface area contributed by atoms with Gasteiger partial charge in [0.25, 0.3) is 5.17 Å². The summed E-state index contributed by atoms with van der Waals surface area (Å²) < 4.78 is 18.3. The van der Waals surface area contributed by atoms with Crippen LogP contribution in [-0.4, -0.2) is 46.6 Å². The summed E-state index contributed by atoms with van der Waals surface area (Å²) in [6.07, 6.45) is 2.93. The molecule has 0 bridgehead atoms. The number of ether oxygens (including phenoxy) is 3. The molecule has 1 N–H and O–H groups in total. The third-order valence-electron chi connectivity index (χ3n) is 4.21. The van der Waals surface area contributed by atoms with Crippen molar-refractivity contribution in [1.29, 1.82) is 0 Å². The van der Waals surface area contributed by atoms with Crippen LogP contribution in [0, 0.1) is 0 Å². The predicted octanol–water partition coefficient (Wildman–Crippen LogP) is 2.00. The van der Waals surface area contributed by atoms with Gasteiger partial charge in [0.05, 0.1) is 31.1 Å². The van der Waals surface area contributed by atoms with Gasteiger partial charge in [0.15, 0.2) is 5.82 Å². The summed E-state index contributed by atoms with van der Waals surface area (Å²) in [5, 5.41) is 3.25. The molecule has 0 spiro atoms. The summed E-state index contributed by atoms with van der Waals surface area (Å²) in [7, 11) is 0. The summed E-state index contributed by atoms with van der Waals surface area (Å²) in [6, 6.07) is 5.64. The molecule has 1 aromatic carbocycles. The first-order chi connectivity index (χ1) is 12.7. The minimum absolute atomic E-state index is 0.306. The van der Waals surface area contributed by atoms with E-state index in [4.69, 9.17) is 26.4 Å². The number of rotatable bonds is 4. The molecule has 0 radical (unpaired) electrons. The van der Waals surface area contributed by atoms with Crippen LogP contribution in [0.25, 0.3) is 5.69 Å².